The van der Waals surface area contributed by atoms with E-state index in [0.29, 0.717) is 22.8 Å². The number of hydrogen-bond donors (Lipinski definition) is 1. The molecule has 0 aliphatic carbocycles. The van der Waals surface area contributed by atoms with E-state index in [1.165, 1.54) is 24.5 Å². The molecule has 9 nitrogen and oxygen atoms in total. The van der Waals surface area contributed by atoms with Crippen molar-refractivity contribution in [1.82, 2.24) is 24.9 Å². The highest BCUT2D eigenvalue weighted by atomic mass is 16.5. The maximum absolute atomic E-state index is 13.0. The van der Waals surface area contributed by atoms with Crippen LogP contribution in [0.3, 0.4) is 0 Å². The fraction of sp³-hybridized carbons (Fsp3) is 0.375. The average molecular weight is 450 g/mol. The zero-order valence-corrected chi connectivity index (χ0v) is 19.2. The largest absolute Gasteiger partial charge is 0.492 e. The minimum Gasteiger partial charge on any atom is -0.492 e. The monoisotopic (exact) mass is 449 g/mol. The number of nitriles is 1. The molecule has 1 fully saturated rings. The lowest BCUT2D eigenvalue weighted by Crippen LogP contribution is -2.45. The number of anilines is 1. The summed E-state index contributed by atoms with van der Waals surface area (Å²) in [6.07, 6.45) is 8.13. The number of para-hydroxylation sites is 1. The fourth-order valence-electron chi connectivity index (χ4n) is 3.89. The van der Waals surface area contributed by atoms with E-state index < -0.39 is 0 Å². The zero-order valence-electron chi connectivity index (χ0n) is 19.2. The van der Waals surface area contributed by atoms with E-state index in [9.17, 15) is 4.79 Å². The Morgan fingerprint density at radius 3 is 2.61 bits per heavy atom. The fourth-order valence-corrected chi connectivity index (χ4v) is 3.89. The van der Waals surface area contributed by atoms with Gasteiger partial charge >= 0.3 is 0 Å². The van der Waals surface area contributed by atoms with Gasteiger partial charge in [0.05, 0.1) is 36.3 Å². The molecular weight excluding hydrogens is 418 g/mol. The minimum atomic E-state index is 0. The molecule has 2 atom stereocenters. The number of carbonyl (C=O) groups excluding carboxylic acids is 1. The topological polar surface area (TPSA) is 123 Å². The Bertz CT molecular complexity index is 1110. The van der Waals surface area contributed by atoms with Crippen LogP contribution in [0, 0.1) is 17.2 Å². The molecule has 1 saturated heterocycles. The van der Waals surface area contributed by atoms with Crippen molar-refractivity contribution in [3.05, 3.63) is 60.0 Å². The number of amides is 1. The van der Waals surface area contributed by atoms with Crippen LogP contribution < -0.4 is 10.5 Å². The third kappa shape index (κ3) is 5.47. The van der Waals surface area contributed by atoms with Gasteiger partial charge in [0.25, 0.3) is 5.91 Å². The van der Waals surface area contributed by atoms with Crippen molar-refractivity contribution < 1.29 is 11.0 Å². The van der Waals surface area contributed by atoms with E-state index in [0.717, 1.165) is 25.1 Å². The molecule has 1 aliphatic rings. The molecule has 174 valence electrons. The van der Waals surface area contributed by atoms with Gasteiger partial charge in [-0.2, -0.15) is 20.3 Å². The van der Waals surface area contributed by atoms with Crippen LogP contribution in [0.5, 0.6) is 5.75 Å². The lowest BCUT2D eigenvalue weighted by atomic mass is 9.91. The summed E-state index contributed by atoms with van der Waals surface area (Å²) in [5.74, 6) is 1.27. The van der Waals surface area contributed by atoms with Crippen LogP contribution >= 0.6 is 0 Å². The molecule has 0 spiro atoms. The molecule has 0 bridgehead atoms. The van der Waals surface area contributed by atoms with Gasteiger partial charge in [-0.25, -0.2) is 4.98 Å². The number of benzene rings is 1. The van der Waals surface area contributed by atoms with Gasteiger partial charge in [0.2, 0.25) is 0 Å². The summed E-state index contributed by atoms with van der Waals surface area (Å²) in [6, 6.07) is 11.3. The van der Waals surface area contributed by atoms with E-state index in [1.54, 1.807) is 18.5 Å². The normalized spacial score (nSPS) is 17.5. The molecule has 33 heavy (non-hydrogen) atoms. The number of rotatable bonds is 4. The summed E-state index contributed by atoms with van der Waals surface area (Å²) < 4.78 is 4.86. The summed E-state index contributed by atoms with van der Waals surface area (Å²) in [4.78, 5) is 20.3. The Balaban J connectivity index is 0.000000289. The first-order valence-corrected chi connectivity index (χ1v) is 10.9. The lowest BCUT2D eigenvalue weighted by molar-refractivity contribution is 0.0556. The van der Waals surface area contributed by atoms with Gasteiger partial charge in [-0.3, -0.25) is 4.79 Å². The predicted octanol–water partition coefficient (Wildman–Crippen LogP) is 3.71. The van der Waals surface area contributed by atoms with Crippen LogP contribution in [0.2, 0.25) is 0 Å². The van der Waals surface area contributed by atoms with Gasteiger partial charge in [-0.1, -0.05) is 25.5 Å². The number of likely N-dealkylation sites (tertiary alicyclic amines) is 1. The first-order valence-electron chi connectivity index (χ1n) is 10.9. The number of nitrogens with zero attached hydrogens (tertiary/aromatic N) is 6. The van der Waals surface area contributed by atoms with Gasteiger partial charge in [0.15, 0.2) is 11.6 Å². The van der Waals surface area contributed by atoms with Crippen molar-refractivity contribution in [2.75, 3.05) is 19.4 Å². The number of carbonyl (C=O) groups is 1. The SMILES string of the molecule is CC[C@@H]1CC[C@@H](C)N(C(=O)c2ccccc2-n2nccn2)C1.COc1c(C#N)ccnc1N.[HH]. The first kappa shape index (κ1) is 23.7. The number of methoxy groups -OCH3 is 1. The van der Waals surface area contributed by atoms with Crippen LogP contribution in [-0.2, 0) is 0 Å². The molecule has 0 radical (unpaired) electrons. The quantitative estimate of drug-likeness (QED) is 0.644. The van der Waals surface area contributed by atoms with E-state index >= 15 is 0 Å². The van der Waals surface area contributed by atoms with Crippen molar-refractivity contribution >= 4 is 11.7 Å². The third-order valence-corrected chi connectivity index (χ3v) is 5.84. The summed E-state index contributed by atoms with van der Waals surface area (Å²) in [7, 11) is 1.45. The number of nitrogens with two attached hydrogens (primary N) is 1. The number of nitrogen functional groups attached to an aromatic ring is 1. The Morgan fingerprint density at radius 2 is 1.97 bits per heavy atom. The predicted molar refractivity (Wildman–Crippen MR) is 127 cm³/mol. The van der Waals surface area contributed by atoms with Crippen molar-refractivity contribution in [3.63, 3.8) is 0 Å². The molecule has 0 unspecified atom stereocenters. The Kier molecular flexibility index (Phi) is 7.97. The van der Waals surface area contributed by atoms with Crippen molar-refractivity contribution in [2.45, 2.75) is 39.2 Å². The van der Waals surface area contributed by atoms with Gasteiger partial charge in [-0.15, -0.1) is 0 Å². The number of ether oxygens (including phenoxy) is 1. The second kappa shape index (κ2) is 11.1. The number of hydrogen-bond acceptors (Lipinski definition) is 7. The van der Waals surface area contributed by atoms with Crippen LogP contribution in [0.1, 0.15) is 50.5 Å². The molecule has 1 aliphatic heterocycles. The van der Waals surface area contributed by atoms with Gasteiger partial charge in [0, 0.05) is 20.2 Å². The maximum Gasteiger partial charge on any atom is 0.256 e. The highest BCUT2D eigenvalue weighted by Gasteiger charge is 2.30. The molecule has 4 rings (SSSR count). The smallest absolute Gasteiger partial charge is 0.256 e. The molecule has 3 heterocycles. The maximum atomic E-state index is 13.0. The Labute approximate surface area is 195 Å². The van der Waals surface area contributed by atoms with Crippen LogP contribution in [0.25, 0.3) is 5.69 Å². The van der Waals surface area contributed by atoms with E-state index in [-0.39, 0.29) is 19.2 Å². The molecule has 3 aromatic rings. The standard InChI is InChI=1S/C17H22N4O.C7H7N3O.H2/c1-3-14-9-8-13(2)20(12-14)17(22)15-6-4-5-7-16(15)21-18-10-11-19-21;1-11-6-5(4-8)2-3-10-7(6)9;/h4-7,10-11,13-14H,3,8-9,12H2,1-2H3;2-3H,1H3,(H2,9,10);1H/t13-,14-;;/m1../s1. The van der Waals surface area contributed by atoms with E-state index in [2.05, 4.69) is 29.0 Å². The molecular formula is C24H31N7O2. The molecule has 9 heteroatoms. The zero-order chi connectivity index (χ0) is 23.8. The van der Waals surface area contributed by atoms with Gasteiger partial charge in [-0.05, 0) is 43.9 Å². The van der Waals surface area contributed by atoms with Crippen LogP contribution in [0.4, 0.5) is 5.82 Å². The molecule has 2 N–H and O–H groups in total. The molecule has 0 saturated carbocycles. The first-order chi connectivity index (χ1) is 16.0. The molecule has 1 aromatic carbocycles. The molecule has 2 aromatic heterocycles. The average Bonchev–Trinajstić information content (AvgIpc) is 3.39. The lowest BCUT2D eigenvalue weighted by Gasteiger charge is -2.38. The van der Waals surface area contributed by atoms with E-state index in [4.69, 9.17) is 15.7 Å². The van der Waals surface area contributed by atoms with Gasteiger partial charge in [0.1, 0.15) is 6.07 Å². The minimum absolute atomic E-state index is 0. The van der Waals surface area contributed by atoms with Crippen molar-refractivity contribution in [1.29, 1.82) is 5.26 Å². The van der Waals surface area contributed by atoms with Gasteiger partial charge < -0.3 is 15.4 Å². The Hall–Kier alpha value is -3.93. The summed E-state index contributed by atoms with van der Waals surface area (Å²) >= 11 is 0. The summed E-state index contributed by atoms with van der Waals surface area (Å²) in [5, 5.41) is 16.9. The summed E-state index contributed by atoms with van der Waals surface area (Å²) in [6.45, 7) is 5.18. The number of pyridine rings is 1. The number of piperidine rings is 1. The Morgan fingerprint density at radius 1 is 1.24 bits per heavy atom. The highest BCUT2D eigenvalue weighted by molar-refractivity contribution is 5.98. The van der Waals surface area contributed by atoms with Crippen molar-refractivity contribution in [3.8, 4) is 17.5 Å². The van der Waals surface area contributed by atoms with E-state index in [1.807, 2.05) is 35.2 Å². The van der Waals surface area contributed by atoms with Crippen molar-refractivity contribution in [2.24, 2.45) is 5.92 Å². The van der Waals surface area contributed by atoms with Crippen LogP contribution in [0.15, 0.2) is 48.9 Å². The third-order valence-electron chi connectivity index (χ3n) is 5.84. The number of aromatic nitrogens is 4. The molecule has 1 amide bonds. The summed E-state index contributed by atoms with van der Waals surface area (Å²) in [5.41, 5.74) is 7.23. The van der Waals surface area contributed by atoms with Crippen LogP contribution in [-0.4, -0.2) is 50.5 Å². The highest BCUT2D eigenvalue weighted by Crippen LogP contribution is 2.27. The second-order valence-corrected chi connectivity index (χ2v) is 7.88. The second-order valence-electron chi connectivity index (χ2n) is 7.88.